The topological polar surface area (TPSA) is 85.2 Å². The van der Waals surface area contributed by atoms with E-state index >= 15 is 0 Å². The molecule has 2 aromatic heterocycles. The van der Waals surface area contributed by atoms with Crippen molar-refractivity contribution in [3.05, 3.63) is 31.0 Å². The van der Waals surface area contributed by atoms with Crippen LogP contribution in [0.15, 0.2) is 31.0 Å². The average Bonchev–Trinajstić information content (AvgIpc) is 3.16. The number of pyridine rings is 1. The first-order chi connectivity index (χ1) is 11.8. The van der Waals surface area contributed by atoms with E-state index in [2.05, 4.69) is 20.4 Å². The Hall–Kier alpha value is -2.48. The maximum Gasteiger partial charge on any atom is 0.322 e. The van der Waals surface area contributed by atoms with Crippen LogP contribution in [0, 0.1) is 0 Å². The molecule has 2 aliphatic rings. The van der Waals surface area contributed by atoms with Gasteiger partial charge in [-0.2, -0.15) is 5.10 Å². The summed E-state index contributed by atoms with van der Waals surface area (Å²) in [5.41, 5.74) is 0.669. The fourth-order valence-corrected chi connectivity index (χ4v) is 3.47. The first-order valence-corrected chi connectivity index (χ1v) is 8.31. The van der Waals surface area contributed by atoms with Gasteiger partial charge in [-0.15, -0.1) is 0 Å². The van der Waals surface area contributed by atoms with Crippen molar-refractivity contribution in [1.82, 2.24) is 24.6 Å². The number of nitrogens with one attached hydrogen (secondary N) is 1. The monoisotopic (exact) mass is 328 g/mol. The van der Waals surface area contributed by atoms with Crippen molar-refractivity contribution in [2.75, 3.05) is 18.5 Å². The number of fused-ring (bicyclic) bond motifs is 1. The van der Waals surface area contributed by atoms with Crippen LogP contribution >= 0.6 is 0 Å². The summed E-state index contributed by atoms with van der Waals surface area (Å²) in [6.07, 6.45) is 9.25. The van der Waals surface area contributed by atoms with Crippen LogP contribution in [0.2, 0.25) is 0 Å². The van der Waals surface area contributed by atoms with E-state index < -0.39 is 0 Å². The van der Waals surface area contributed by atoms with Crippen LogP contribution in [0.3, 0.4) is 0 Å². The van der Waals surface area contributed by atoms with Crippen molar-refractivity contribution < 1.29 is 9.53 Å². The molecule has 1 aliphatic carbocycles. The van der Waals surface area contributed by atoms with Gasteiger partial charge in [0.25, 0.3) is 0 Å². The molecule has 0 radical (unpaired) electrons. The van der Waals surface area contributed by atoms with E-state index in [1.165, 1.54) is 12.7 Å². The Kier molecular flexibility index (Phi) is 4.12. The van der Waals surface area contributed by atoms with Crippen LogP contribution in [-0.4, -0.2) is 56.0 Å². The highest BCUT2D eigenvalue weighted by molar-refractivity contribution is 5.89. The van der Waals surface area contributed by atoms with E-state index in [0.29, 0.717) is 24.7 Å². The molecule has 8 nitrogen and oxygen atoms in total. The second kappa shape index (κ2) is 6.56. The lowest BCUT2D eigenvalue weighted by Gasteiger charge is -2.43. The number of carbonyl (C=O) groups is 1. The van der Waals surface area contributed by atoms with Crippen molar-refractivity contribution in [3.63, 3.8) is 0 Å². The van der Waals surface area contributed by atoms with Crippen molar-refractivity contribution in [2.45, 2.75) is 37.8 Å². The summed E-state index contributed by atoms with van der Waals surface area (Å²) in [6, 6.07) is 3.73. The maximum absolute atomic E-state index is 12.6. The van der Waals surface area contributed by atoms with Crippen LogP contribution in [0.4, 0.5) is 10.5 Å². The predicted molar refractivity (Wildman–Crippen MR) is 86.9 cm³/mol. The Morgan fingerprint density at radius 2 is 2.21 bits per heavy atom. The Morgan fingerprint density at radius 1 is 1.29 bits per heavy atom. The number of urea groups is 1. The van der Waals surface area contributed by atoms with E-state index in [9.17, 15) is 4.79 Å². The standard InChI is InChI=1S/C16H20N6O2/c23-16(21-7-8-24-14-4-2-1-3-13(14)21)20-12-5-6-15(18-9-12)22-11-17-10-19-22/h5-6,9-11,13-14H,1-4,7-8H2,(H,20,23)/t13-,14-/m0/s1. The quantitative estimate of drug-likeness (QED) is 0.909. The number of anilines is 1. The van der Waals surface area contributed by atoms with E-state index in [4.69, 9.17) is 4.74 Å². The lowest BCUT2D eigenvalue weighted by atomic mass is 9.90. The number of carbonyl (C=O) groups excluding carboxylic acids is 1. The van der Waals surface area contributed by atoms with E-state index in [0.717, 1.165) is 19.3 Å². The van der Waals surface area contributed by atoms with Gasteiger partial charge in [-0.25, -0.2) is 19.4 Å². The molecular formula is C16H20N6O2. The number of hydrogen-bond acceptors (Lipinski definition) is 5. The minimum Gasteiger partial charge on any atom is -0.374 e. The number of rotatable bonds is 2. The second-order valence-electron chi connectivity index (χ2n) is 6.13. The normalized spacial score (nSPS) is 23.6. The van der Waals surface area contributed by atoms with Crippen LogP contribution in [0.25, 0.3) is 5.82 Å². The van der Waals surface area contributed by atoms with Crippen molar-refractivity contribution >= 4 is 11.7 Å². The van der Waals surface area contributed by atoms with Crippen molar-refractivity contribution in [3.8, 4) is 5.82 Å². The number of ether oxygens (including phenoxy) is 1. The summed E-state index contributed by atoms with van der Waals surface area (Å²) < 4.78 is 7.39. The van der Waals surface area contributed by atoms with Crippen molar-refractivity contribution in [1.29, 1.82) is 0 Å². The molecule has 4 rings (SSSR count). The minimum atomic E-state index is -0.0782. The van der Waals surface area contributed by atoms with Gasteiger partial charge in [0.1, 0.15) is 12.7 Å². The first kappa shape index (κ1) is 15.1. The molecule has 2 aromatic rings. The third-order valence-corrected chi connectivity index (χ3v) is 4.65. The van der Waals surface area contributed by atoms with Gasteiger partial charge in [0.05, 0.1) is 30.6 Å². The molecule has 0 unspecified atom stereocenters. The molecule has 0 spiro atoms. The Balaban J connectivity index is 1.43. The highest BCUT2D eigenvalue weighted by Gasteiger charge is 2.36. The molecule has 1 saturated heterocycles. The largest absolute Gasteiger partial charge is 0.374 e. The van der Waals surface area contributed by atoms with E-state index in [1.54, 1.807) is 23.3 Å². The van der Waals surface area contributed by atoms with E-state index in [1.807, 2.05) is 11.0 Å². The molecule has 24 heavy (non-hydrogen) atoms. The smallest absolute Gasteiger partial charge is 0.322 e. The Bertz CT molecular complexity index is 685. The lowest BCUT2D eigenvalue weighted by Crippen LogP contribution is -2.55. The summed E-state index contributed by atoms with van der Waals surface area (Å²) in [5.74, 6) is 0.657. The molecule has 2 atom stereocenters. The van der Waals surface area contributed by atoms with E-state index in [-0.39, 0.29) is 18.2 Å². The van der Waals surface area contributed by atoms with Gasteiger partial charge in [-0.05, 0) is 25.0 Å². The Labute approximate surface area is 139 Å². The molecule has 126 valence electrons. The SMILES string of the molecule is O=C(Nc1ccc(-n2cncn2)nc1)N1CCO[C@H]2CCCC[C@@H]21. The molecule has 2 amide bonds. The van der Waals surface area contributed by atoms with Crippen LogP contribution in [-0.2, 0) is 4.74 Å². The summed E-state index contributed by atoms with van der Waals surface area (Å²) in [5, 5.41) is 6.97. The predicted octanol–water partition coefficient (Wildman–Crippen LogP) is 1.84. The average molecular weight is 328 g/mol. The first-order valence-electron chi connectivity index (χ1n) is 8.31. The molecule has 3 heterocycles. The van der Waals surface area contributed by atoms with Gasteiger partial charge in [0.15, 0.2) is 5.82 Å². The third-order valence-electron chi connectivity index (χ3n) is 4.65. The number of morpholine rings is 1. The van der Waals surface area contributed by atoms with Gasteiger partial charge < -0.3 is 15.0 Å². The maximum atomic E-state index is 12.6. The fraction of sp³-hybridized carbons (Fsp3) is 0.500. The van der Waals surface area contributed by atoms with Gasteiger partial charge in [0, 0.05) is 6.54 Å². The third kappa shape index (κ3) is 2.96. The number of amides is 2. The van der Waals surface area contributed by atoms with Gasteiger partial charge >= 0.3 is 6.03 Å². The van der Waals surface area contributed by atoms with Gasteiger partial charge in [-0.3, -0.25) is 0 Å². The Morgan fingerprint density at radius 3 is 3.00 bits per heavy atom. The zero-order valence-corrected chi connectivity index (χ0v) is 13.3. The summed E-state index contributed by atoms with van der Waals surface area (Å²) in [7, 11) is 0. The van der Waals surface area contributed by atoms with Crippen LogP contribution in [0.5, 0.6) is 0 Å². The minimum absolute atomic E-state index is 0.0782. The summed E-state index contributed by atoms with van der Waals surface area (Å²) >= 11 is 0. The zero-order valence-electron chi connectivity index (χ0n) is 13.3. The summed E-state index contributed by atoms with van der Waals surface area (Å²) in [4.78, 5) is 22.8. The molecule has 1 N–H and O–H groups in total. The van der Waals surface area contributed by atoms with Crippen LogP contribution < -0.4 is 5.32 Å². The molecule has 8 heteroatoms. The second-order valence-corrected chi connectivity index (χ2v) is 6.13. The lowest BCUT2D eigenvalue weighted by molar-refractivity contribution is -0.0694. The van der Waals surface area contributed by atoms with Crippen molar-refractivity contribution in [2.24, 2.45) is 0 Å². The molecular weight excluding hydrogens is 308 g/mol. The van der Waals surface area contributed by atoms with Gasteiger partial charge in [0.2, 0.25) is 0 Å². The van der Waals surface area contributed by atoms with Gasteiger partial charge in [-0.1, -0.05) is 12.8 Å². The summed E-state index contributed by atoms with van der Waals surface area (Å²) in [6.45, 7) is 1.25. The fourth-order valence-electron chi connectivity index (χ4n) is 3.47. The molecule has 0 aromatic carbocycles. The van der Waals surface area contributed by atoms with Crippen LogP contribution in [0.1, 0.15) is 25.7 Å². The molecule has 1 aliphatic heterocycles. The highest BCUT2D eigenvalue weighted by atomic mass is 16.5. The molecule has 1 saturated carbocycles. The zero-order chi connectivity index (χ0) is 16.4. The highest BCUT2D eigenvalue weighted by Crippen LogP contribution is 2.28. The number of hydrogen-bond donors (Lipinski definition) is 1. The molecule has 0 bridgehead atoms. The number of aromatic nitrogens is 4. The molecule has 2 fully saturated rings. The number of nitrogens with zero attached hydrogens (tertiary/aromatic N) is 5.